The Morgan fingerprint density at radius 2 is 0.537 bits per heavy atom. The number of benzene rings is 6. The molecule has 10 heteroatoms. The van der Waals surface area contributed by atoms with E-state index in [1.165, 1.54) is 0 Å². The number of rotatable bonds is 12. The SMILES string of the molecule is CC(C)[Si](C#Cc1cc2c(=O)c(=O)c3cc(C#C[Si](C(C)C)(C(C)C)C(C)C)cc4c5nc6c(C#C[Si](C(C)C)(C(C)C)C(C)C)c7nc8ccccc8nc7c(C#C[Si](C(C)C)(C(C)C)C(C)C)c6nc5c(c1)c2c34)(C(C)C)C(C)C. The van der Waals surface area contributed by atoms with E-state index < -0.39 is 43.2 Å². The summed E-state index contributed by atoms with van der Waals surface area (Å²) >= 11 is 0. The molecule has 82 heavy (non-hydrogen) atoms. The van der Waals surface area contributed by atoms with Crippen molar-refractivity contribution in [3.8, 4) is 45.9 Å². The summed E-state index contributed by atoms with van der Waals surface area (Å²) in [6.07, 6.45) is 0. The van der Waals surface area contributed by atoms with Crippen molar-refractivity contribution >= 4 is 109 Å². The quantitative estimate of drug-likeness (QED) is 0.0398. The second kappa shape index (κ2) is 23.0. The summed E-state index contributed by atoms with van der Waals surface area (Å²) in [5.41, 5.74) is 27.6. The van der Waals surface area contributed by atoms with Crippen LogP contribution in [0.5, 0.6) is 0 Å². The van der Waals surface area contributed by atoms with Crippen molar-refractivity contribution in [1.29, 1.82) is 0 Å². The van der Waals surface area contributed by atoms with Crippen molar-refractivity contribution in [2.45, 2.75) is 233 Å². The first-order valence-electron chi connectivity index (χ1n) is 30.9. The number of fused-ring (bicyclic) bond motifs is 6. The average molecular weight is 1160 g/mol. The van der Waals surface area contributed by atoms with E-state index in [2.05, 4.69) is 224 Å². The number of hydrogen-bond donors (Lipinski definition) is 0. The van der Waals surface area contributed by atoms with Crippen molar-refractivity contribution in [3.05, 3.63) is 91.2 Å². The maximum absolute atomic E-state index is 15.1. The predicted octanol–water partition coefficient (Wildman–Crippen LogP) is 19.2. The molecule has 2 aromatic heterocycles. The van der Waals surface area contributed by atoms with E-state index in [4.69, 9.17) is 19.9 Å². The fourth-order valence-corrected chi connectivity index (χ4v) is 37.2. The lowest BCUT2D eigenvalue weighted by Crippen LogP contribution is -2.43. The van der Waals surface area contributed by atoms with E-state index >= 15 is 9.59 Å². The van der Waals surface area contributed by atoms with Gasteiger partial charge in [-0.2, -0.15) is 0 Å². The molecule has 0 saturated carbocycles. The van der Waals surface area contributed by atoms with E-state index in [1.54, 1.807) is 0 Å². The molecule has 0 spiro atoms. The molecule has 0 unspecified atom stereocenters. The Balaban J connectivity index is 1.73. The van der Waals surface area contributed by atoms with Crippen LogP contribution in [0.3, 0.4) is 0 Å². The lowest BCUT2D eigenvalue weighted by Gasteiger charge is -2.38. The molecule has 0 fully saturated rings. The molecule has 0 amide bonds. The molecule has 6 aromatic carbocycles. The first-order valence-corrected chi connectivity index (χ1v) is 39.8. The highest BCUT2D eigenvalue weighted by atomic mass is 28.3. The third-order valence-corrected chi connectivity index (χ3v) is 45.4. The topological polar surface area (TPSA) is 85.7 Å². The van der Waals surface area contributed by atoms with Crippen LogP contribution in [0, 0.1) is 45.9 Å². The van der Waals surface area contributed by atoms with E-state index in [1.807, 2.05) is 36.4 Å². The van der Waals surface area contributed by atoms with Gasteiger partial charge in [0.1, 0.15) is 54.4 Å². The summed E-state index contributed by atoms with van der Waals surface area (Å²) in [4.78, 5) is 53.1. The monoisotopic (exact) mass is 1160 g/mol. The Morgan fingerprint density at radius 3 is 0.793 bits per heavy atom. The Hall–Kier alpha value is -5.73. The maximum Gasteiger partial charge on any atom is 0.234 e. The highest BCUT2D eigenvalue weighted by molar-refractivity contribution is 6.92. The van der Waals surface area contributed by atoms with Crippen LogP contribution >= 0.6 is 0 Å². The van der Waals surface area contributed by atoms with E-state index in [9.17, 15) is 0 Å². The summed E-state index contributed by atoms with van der Waals surface area (Å²) < 4.78 is 0. The van der Waals surface area contributed by atoms with Crippen LogP contribution in [0.1, 0.15) is 188 Å². The van der Waals surface area contributed by atoms with Crippen LogP contribution < -0.4 is 10.9 Å². The van der Waals surface area contributed by atoms with Gasteiger partial charge in [0, 0.05) is 43.4 Å². The van der Waals surface area contributed by atoms with Gasteiger partial charge in [-0.15, -0.1) is 22.2 Å². The van der Waals surface area contributed by atoms with Gasteiger partial charge in [0.15, 0.2) is 0 Å². The Kier molecular flexibility index (Phi) is 17.5. The van der Waals surface area contributed by atoms with Crippen LogP contribution in [-0.2, 0) is 0 Å². The van der Waals surface area contributed by atoms with Crippen molar-refractivity contribution < 1.29 is 0 Å². The molecular weight excluding hydrogens is 1070 g/mol. The molecule has 2 heterocycles. The molecule has 8 aromatic rings. The van der Waals surface area contributed by atoms with Crippen molar-refractivity contribution in [2.24, 2.45) is 0 Å². The van der Waals surface area contributed by atoms with Gasteiger partial charge in [-0.05, 0) is 103 Å². The number of hydrogen-bond acceptors (Lipinski definition) is 6. The van der Waals surface area contributed by atoms with Gasteiger partial charge in [-0.1, -0.05) is 202 Å². The minimum absolute atomic E-state index is 0.352. The minimum atomic E-state index is -2.36. The lowest BCUT2D eigenvalue weighted by atomic mass is 9.89. The summed E-state index contributed by atoms with van der Waals surface area (Å²) in [7, 11) is -9.21. The smallest absolute Gasteiger partial charge is 0.234 e. The van der Waals surface area contributed by atoms with Crippen LogP contribution in [0.25, 0.3) is 76.5 Å². The summed E-state index contributed by atoms with van der Waals surface area (Å²) in [5.74, 6) is 15.2. The normalized spacial score (nSPS) is 13.2. The zero-order chi connectivity index (χ0) is 60.6. The van der Waals surface area contributed by atoms with Gasteiger partial charge >= 0.3 is 0 Å². The fraction of sp³-hybridized carbons (Fsp3) is 0.500. The molecule has 0 radical (unpaired) electrons. The second-order valence-electron chi connectivity index (χ2n) is 27.9. The number of para-hydroxylation sites is 2. The van der Waals surface area contributed by atoms with Gasteiger partial charge in [0.25, 0.3) is 0 Å². The molecule has 0 aliphatic rings. The zero-order valence-corrected chi connectivity index (χ0v) is 58.2. The fourth-order valence-electron chi connectivity index (χ4n) is 16.3. The predicted molar refractivity (Wildman–Crippen MR) is 367 cm³/mol. The summed E-state index contributed by atoms with van der Waals surface area (Å²) in [5, 5.41) is 3.56. The molecule has 0 saturated heterocycles. The highest BCUT2D eigenvalue weighted by Crippen LogP contribution is 2.47. The Labute approximate surface area is 495 Å². The van der Waals surface area contributed by atoms with Gasteiger partial charge in [0.05, 0.1) is 33.2 Å². The second-order valence-corrected chi connectivity index (χ2v) is 50.2. The van der Waals surface area contributed by atoms with Crippen LogP contribution in [0.4, 0.5) is 0 Å². The van der Waals surface area contributed by atoms with Crippen LogP contribution in [0.15, 0.2) is 58.1 Å². The molecule has 0 N–H and O–H groups in total. The Bertz CT molecular complexity index is 3840. The molecular formula is C72H92N4O2Si4. The molecule has 6 nitrogen and oxygen atoms in total. The lowest BCUT2D eigenvalue weighted by molar-refractivity contribution is 0.838. The molecule has 0 aliphatic heterocycles. The van der Waals surface area contributed by atoms with Gasteiger partial charge < -0.3 is 0 Å². The Morgan fingerprint density at radius 1 is 0.305 bits per heavy atom. The first-order chi connectivity index (χ1) is 38.4. The average Bonchev–Trinajstić information content (AvgIpc) is 1.83. The molecule has 0 aliphatic carbocycles. The van der Waals surface area contributed by atoms with Crippen molar-refractivity contribution in [1.82, 2.24) is 19.9 Å². The zero-order valence-electron chi connectivity index (χ0n) is 54.2. The summed E-state index contributed by atoms with van der Waals surface area (Å²) in [6.45, 7) is 55.9. The largest absolute Gasteiger partial charge is 0.285 e. The van der Waals surface area contributed by atoms with Gasteiger partial charge in [0.2, 0.25) is 10.9 Å². The molecule has 428 valence electrons. The van der Waals surface area contributed by atoms with E-state index in [0.29, 0.717) is 143 Å². The van der Waals surface area contributed by atoms with Crippen molar-refractivity contribution in [3.63, 3.8) is 0 Å². The van der Waals surface area contributed by atoms with Gasteiger partial charge in [-0.25, -0.2) is 19.9 Å². The number of aromatic nitrogens is 4. The van der Waals surface area contributed by atoms with Gasteiger partial charge in [-0.3, -0.25) is 9.59 Å². The standard InChI is InChI=1S/C72H92N4O2Si4/c1-41(2)79(42(3)4,43(5)6)33-29-53-37-57-63-59(39-53)71(77)72(78)60-40-54(30-34-80(44(7)8,45(9)10)46(11)12)38-58(64(60)63)70-69(57)75-67-55(31-35-81(47(13)14,48(15)16)49(17)18)65-66(74-62-28-26-25-27-61(62)73-65)56(68(67)76-70)32-36-82(50(19)20,51(21)22)52(23)24/h25-28,37-52H,1-24H3. The highest BCUT2D eigenvalue weighted by Gasteiger charge is 2.45. The van der Waals surface area contributed by atoms with Crippen molar-refractivity contribution in [2.75, 3.05) is 0 Å². The van der Waals surface area contributed by atoms with E-state index in [0.717, 1.165) is 21.8 Å². The third-order valence-electron chi connectivity index (χ3n) is 20.3. The molecule has 0 bridgehead atoms. The maximum atomic E-state index is 15.1. The molecule has 8 rings (SSSR count). The summed E-state index contributed by atoms with van der Waals surface area (Å²) in [6, 6.07) is 16.0. The first kappa shape index (κ1) is 62.3. The number of nitrogens with zero attached hydrogens (tertiary/aromatic N) is 4. The minimum Gasteiger partial charge on any atom is -0.285 e. The van der Waals surface area contributed by atoms with E-state index in [-0.39, 0.29) is 0 Å². The van der Waals surface area contributed by atoms with Crippen LogP contribution in [-0.4, -0.2) is 52.2 Å². The third kappa shape index (κ3) is 9.84. The molecule has 0 atom stereocenters. The van der Waals surface area contributed by atoms with Crippen LogP contribution in [0.2, 0.25) is 66.5 Å².